The highest BCUT2D eigenvalue weighted by Gasteiger charge is 2.27. The molecule has 1 unspecified atom stereocenters. The summed E-state index contributed by atoms with van der Waals surface area (Å²) in [6.45, 7) is 2.02. The normalized spacial score (nSPS) is 13.9. The summed E-state index contributed by atoms with van der Waals surface area (Å²) in [6, 6.07) is 17.2. The van der Waals surface area contributed by atoms with E-state index >= 15 is 0 Å². The molecule has 0 saturated carbocycles. The van der Waals surface area contributed by atoms with Gasteiger partial charge in [-0.3, -0.25) is 0 Å². The third-order valence-electron chi connectivity index (χ3n) is 3.97. The lowest BCUT2D eigenvalue weighted by Gasteiger charge is -2.29. The van der Waals surface area contributed by atoms with Crippen LogP contribution in [0, 0.1) is 5.82 Å². The lowest BCUT2D eigenvalue weighted by atomic mass is 9.83. The first-order valence-corrected chi connectivity index (χ1v) is 7.23. The van der Waals surface area contributed by atoms with Crippen molar-refractivity contribution in [2.45, 2.75) is 38.1 Å². The van der Waals surface area contributed by atoms with E-state index in [4.69, 9.17) is 5.73 Å². The molecule has 0 spiro atoms. The summed E-state index contributed by atoms with van der Waals surface area (Å²) in [5, 5.41) is 0. The lowest BCUT2D eigenvalue weighted by Crippen LogP contribution is -2.37. The van der Waals surface area contributed by atoms with E-state index in [1.807, 2.05) is 31.2 Å². The average molecular weight is 271 g/mol. The molecule has 106 valence electrons. The first kappa shape index (κ1) is 14.7. The van der Waals surface area contributed by atoms with Crippen LogP contribution in [0.25, 0.3) is 0 Å². The fraction of sp³-hybridized carbons (Fsp3) is 0.333. The fourth-order valence-corrected chi connectivity index (χ4v) is 2.62. The van der Waals surface area contributed by atoms with Gasteiger partial charge in [-0.2, -0.15) is 0 Å². The van der Waals surface area contributed by atoms with Gasteiger partial charge in [0.25, 0.3) is 0 Å². The second-order valence-electron chi connectivity index (χ2n) is 5.33. The van der Waals surface area contributed by atoms with Crippen LogP contribution in [0.5, 0.6) is 0 Å². The van der Waals surface area contributed by atoms with E-state index in [0.29, 0.717) is 5.56 Å². The highest BCUT2D eigenvalue weighted by atomic mass is 19.1. The molecule has 0 aliphatic rings. The largest absolute Gasteiger partial charge is 0.321 e. The second-order valence-corrected chi connectivity index (χ2v) is 5.33. The summed E-state index contributed by atoms with van der Waals surface area (Å²) >= 11 is 0. The summed E-state index contributed by atoms with van der Waals surface area (Å²) in [6.07, 6.45) is 3.47. The zero-order valence-electron chi connectivity index (χ0n) is 12.0. The van der Waals surface area contributed by atoms with E-state index in [2.05, 4.69) is 12.1 Å². The number of halogens is 1. The van der Waals surface area contributed by atoms with Gasteiger partial charge in [0, 0.05) is 11.1 Å². The van der Waals surface area contributed by atoms with Gasteiger partial charge < -0.3 is 5.73 Å². The van der Waals surface area contributed by atoms with E-state index in [-0.39, 0.29) is 5.82 Å². The summed E-state index contributed by atoms with van der Waals surface area (Å²) in [5.41, 5.74) is 7.81. The average Bonchev–Trinajstić information content (AvgIpc) is 2.48. The molecular formula is C18H22FN. The highest BCUT2D eigenvalue weighted by Crippen LogP contribution is 2.29. The molecule has 20 heavy (non-hydrogen) atoms. The Bertz CT molecular complexity index is 538. The summed E-state index contributed by atoms with van der Waals surface area (Å²) in [4.78, 5) is 0. The molecule has 1 nitrogen and oxygen atoms in total. The molecule has 0 amide bonds. The van der Waals surface area contributed by atoms with Crippen LogP contribution < -0.4 is 5.73 Å². The molecule has 0 aliphatic heterocycles. The van der Waals surface area contributed by atoms with Crippen molar-refractivity contribution in [1.82, 2.24) is 0 Å². The van der Waals surface area contributed by atoms with E-state index in [0.717, 1.165) is 25.7 Å². The van der Waals surface area contributed by atoms with Gasteiger partial charge in [-0.25, -0.2) is 4.39 Å². The molecule has 2 rings (SSSR count). The third-order valence-corrected chi connectivity index (χ3v) is 3.97. The van der Waals surface area contributed by atoms with Gasteiger partial charge in [-0.15, -0.1) is 0 Å². The number of hydrogen-bond acceptors (Lipinski definition) is 1. The zero-order chi connectivity index (χ0) is 14.4. The Hall–Kier alpha value is -1.67. The predicted octanol–water partition coefficient (Wildman–Crippen LogP) is 4.41. The molecule has 2 N–H and O–H groups in total. The maximum atomic E-state index is 13.9. The van der Waals surface area contributed by atoms with Crippen molar-refractivity contribution in [2.24, 2.45) is 5.73 Å². The molecule has 2 heteroatoms. The minimum Gasteiger partial charge on any atom is -0.321 e. The van der Waals surface area contributed by atoms with Crippen molar-refractivity contribution < 1.29 is 4.39 Å². The quantitative estimate of drug-likeness (QED) is 0.827. The summed E-state index contributed by atoms with van der Waals surface area (Å²) < 4.78 is 13.9. The molecular weight excluding hydrogens is 249 g/mol. The fourth-order valence-electron chi connectivity index (χ4n) is 2.62. The predicted molar refractivity (Wildman–Crippen MR) is 81.9 cm³/mol. The van der Waals surface area contributed by atoms with Crippen LogP contribution in [0.3, 0.4) is 0 Å². The molecule has 2 aromatic carbocycles. The number of benzene rings is 2. The first-order valence-electron chi connectivity index (χ1n) is 7.23. The maximum Gasteiger partial charge on any atom is 0.128 e. The number of aryl methyl sites for hydroxylation is 1. The van der Waals surface area contributed by atoms with Gasteiger partial charge >= 0.3 is 0 Å². The Balaban J connectivity index is 2.03. The minimum absolute atomic E-state index is 0.198. The van der Waals surface area contributed by atoms with Crippen molar-refractivity contribution in [1.29, 1.82) is 0 Å². The smallest absolute Gasteiger partial charge is 0.128 e. The van der Waals surface area contributed by atoms with Crippen molar-refractivity contribution in [3.8, 4) is 0 Å². The zero-order valence-corrected chi connectivity index (χ0v) is 12.0. The molecule has 0 heterocycles. The molecule has 2 aromatic rings. The molecule has 1 atom stereocenters. The number of rotatable bonds is 6. The van der Waals surface area contributed by atoms with Crippen LogP contribution in [-0.2, 0) is 12.0 Å². The summed E-state index contributed by atoms with van der Waals surface area (Å²) in [7, 11) is 0. The van der Waals surface area contributed by atoms with Gasteiger partial charge in [0.05, 0.1) is 0 Å². The third kappa shape index (κ3) is 3.45. The molecule has 0 saturated heterocycles. The van der Waals surface area contributed by atoms with Crippen molar-refractivity contribution in [3.05, 3.63) is 71.5 Å². The van der Waals surface area contributed by atoms with Gasteiger partial charge in [0.1, 0.15) is 5.82 Å². The standard InChI is InChI=1S/C18H22FN/c1-2-18(20,16-12-6-7-13-17(16)19)14-8-11-15-9-4-3-5-10-15/h3-7,9-10,12-13H,2,8,11,14,20H2,1H3. The Morgan fingerprint density at radius 3 is 2.30 bits per heavy atom. The second kappa shape index (κ2) is 6.67. The molecule has 0 bridgehead atoms. The monoisotopic (exact) mass is 271 g/mol. The SMILES string of the molecule is CCC(N)(CCCc1ccccc1)c1ccccc1F. The van der Waals surface area contributed by atoms with Gasteiger partial charge in [-0.1, -0.05) is 55.5 Å². The topological polar surface area (TPSA) is 26.0 Å². The van der Waals surface area contributed by atoms with Gasteiger partial charge in [0.15, 0.2) is 0 Å². The van der Waals surface area contributed by atoms with Gasteiger partial charge in [-0.05, 0) is 37.3 Å². The van der Waals surface area contributed by atoms with Crippen LogP contribution in [0.15, 0.2) is 54.6 Å². The van der Waals surface area contributed by atoms with E-state index in [9.17, 15) is 4.39 Å². The summed E-state index contributed by atoms with van der Waals surface area (Å²) in [5.74, 6) is -0.198. The minimum atomic E-state index is -0.569. The number of nitrogens with two attached hydrogens (primary N) is 1. The number of hydrogen-bond donors (Lipinski definition) is 1. The Labute approximate surface area is 120 Å². The van der Waals surface area contributed by atoms with Crippen LogP contribution in [-0.4, -0.2) is 0 Å². The first-order chi connectivity index (χ1) is 9.65. The van der Waals surface area contributed by atoms with E-state index in [1.54, 1.807) is 12.1 Å². The molecule has 0 radical (unpaired) electrons. The van der Waals surface area contributed by atoms with Crippen molar-refractivity contribution >= 4 is 0 Å². The maximum absolute atomic E-state index is 13.9. The Morgan fingerprint density at radius 1 is 1.00 bits per heavy atom. The van der Waals surface area contributed by atoms with Crippen LogP contribution in [0.2, 0.25) is 0 Å². The van der Waals surface area contributed by atoms with Crippen molar-refractivity contribution in [3.63, 3.8) is 0 Å². The Kier molecular flexibility index (Phi) is 4.91. The highest BCUT2D eigenvalue weighted by molar-refractivity contribution is 5.26. The van der Waals surface area contributed by atoms with Crippen LogP contribution in [0.4, 0.5) is 4.39 Å². The van der Waals surface area contributed by atoms with E-state index in [1.165, 1.54) is 11.6 Å². The van der Waals surface area contributed by atoms with E-state index < -0.39 is 5.54 Å². The molecule has 0 fully saturated rings. The van der Waals surface area contributed by atoms with Gasteiger partial charge in [0.2, 0.25) is 0 Å². The van der Waals surface area contributed by atoms with Crippen LogP contribution in [0.1, 0.15) is 37.3 Å². The molecule has 0 aliphatic carbocycles. The molecule has 0 aromatic heterocycles. The van der Waals surface area contributed by atoms with Crippen LogP contribution >= 0.6 is 0 Å². The lowest BCUT2D eigenvalue weighted by molar-refractivity contribution is 0.366. The van der Waals surface area contributed by atoms with Crippen molar-refractivity contribution in [2.75, 3.05) is 0 Å². The Morgan fingerprint density at radius 2 is 1.65 bits per heavy atom.